The van der Waals surface area contributed by atoms with E-state index in [-0.39, 0.29) is 0 Å². The smallest absolute Gasteiger partial charge is 0.259 e. The van der Waals surface area contributed by atoms with E-state index in [1.54, 1.807) is 0 Å². The number of aryl methyl sites for hydroxylation is 1. The molecule has 1 aliphatic rings. The fourth-order valence-electron chi connectivity index (χ4n) is 5.46. The van der Waals surface area contributed by atoms with Crippen LogP contribution in [0.25, 0.3) is 22.8 Å². The molecule has 0 atom stereocenters. The Morgan fingerprint density at radius 2 is 1.68 bits per heavy atom. The highest BCUT2D eigenvalue weighted by molar-refractivity contribution is 5.60. The van der Waals surface area contributed by atoms with Crippen LogP contribution in [0.5, 0.6) is 0 Å². The van der Waals surface area contributed by atoms with Crippen molar-refractivity contribution in [2.45, 2.75) is 72.6 Å². The van der Waals surface area contributed by atoms with E-state index in [1.807, 2.05) is 6.20 Å². The van der Waals surface area contributed by atoms with Crippen LogP contribution in [0, 0.1) is 6.92 Å². The van der Waals surface area contributed by atoms with Gasteiger partial charge in [-0.3, -0.25) is 4.90 Å². The van der Waals surface area contributed by atoms with Crippen LogP contribution in [0.4, 0.5) is 5.82 Å². The molecule has 0 radical (unpaired) electrons. The molecule has 8 nitrogen and oxygen atoms in total. The van der Waals surface area contributed by atoms with Crippen molar-refractivity contribution in [1.82, 2.24) is 29.5 Å². The van der Waals surface area contributed by atoms with Crippen LogP contribution in [-0.2, 0) is 13.1 Å². The minimum absolute atomic E-state index is 0.498. The van der Waals surface area contributed by atoms with E-state index < -0.39 is 0 Å². The number of hydrogen-bond donors (Lipinski definition) is 1. The van der Waals surface area contributed by atoms with Gasteiger partial charge < -0.3 is 19.3 Å². The molecular weight excluding hydrogens is 498 g/mol. The second kappa shape index (κ2) is 12.8. The van der Waals surface area contributed by atoms with E-state index in [0.717, 1.165) is 54.4 Å². The summed E-state index contributed by atoms with van der Waals surface area (Å²) in [5, 5.41) is 7.71. The SMILES string of the molecule is Cc1cc(-c2nc(-c3ccc(CN(C(C)C)C(C)C)cc3)no2)cn1Cc1ccc(NCCN2CCCC2)nc1. The van der Waals surface area contributed by atoms with Gasteiger partial charge in [0.15, 0.2) is 0 Å². The van der Waals surface area contributed by atoms with Gasteiger partial charge in [-0.1, -0.05) is 35.5 Å². The molecule has 4 aromatic rings. The standard InChI is InChI=1S/C32H43N7O/c1-23(2)39(24(3)4)21-26-8-11-28(12-9-26)31-35-32(40-36-31)29-18-25(5)38(22-29)20-27-10-13-30(34-19-27)33-14-17-37-15-6-7-16-37/h8-13,18-19,22-24H,6-7,14-17,20-21H2,1-5H3,(H,33,34). The monoisotopic (exact) mass is 541 g/mol. The molecule has 1 aliphatic heterocycles. The maximum atomic E-state index is 5.66. The number of nitrogens with zero attached hydrogens (tertiary/aromatic N) is 6. The van der Waals surface area contributed by atoms with Crippen LogP contribution >= 0.6 is 0 Å². The second-order valence-electron chi connectivity index (χ2n) is 11.5. The lowest BCUT2D eigenvalue weighted by atomic mass is 10.1. The van der Waals surface area contributed by atoms with Crippen LogP contribution in [0.1, 0.15) is 57.4 Å². The molecule has 1 fully saturated rings. The number of rotatable bonds is 12. The predicted octanol–water partition coefficient (Wildman–Crippen LogP) is 6.08. The van der Waals surface area contributed by atoms with E-state index in [2.05, 4.69) is 113 Å². The third-order valence-electron chi connectivity index (χ3n) is 7.80. The first kappa shape index (κ1) is 28.1. The van der Waals surface area contributed by atoms with Crippen molar-refractivity contribution in [3.8, 4) is 22.8 Å². The van der Waals surface area contributed by atoms with Gasteiger partial charge in [-0.05, 0) is 83.8 Å². The normalized spacial score (nSPS) is 14.2. The molecule has 0 spiro atoms. The number of nitrogens with one attached hydrogen (secondary N) is 1. The Labute approximate surface area is 238 Å². The van der Waals surface area contributed by atoms with Crippen LogP contribution in [0.2, 0.25) is 0 Å². The molecule has 40 heavy (non-hydrogen) atoms. The van der Waals surface area contributed by atoms with Gasteiger partial charge in [0.2, 0.25) is 5.82 Å². The Balaban J connectivity index is 1.19. The maximum Gasteiger partial charge on any atom is 0.259 e. The molecule has 4 heterocycles. The van der Waals surface area contributed by atoms with Crippen LogP contribution in [-0.4, -0.2) is 67.8 Å². The second-order valence-corrected chi connectivity index (χ2v) is 11.5. The fourth-order valence-corrected chi connectivity index (χ4v) is 5.46. The number of likely N-dealkylation sites (tertiary alicyclic amines) is 1. The average molecular weight is 542 g/mol. The van der Waals surface area contributed by atoms with Crippen LogP contribution in [0.3, 0.4) is 0 Å². The number of benzene rings is 1. The zero-order valence-corrected chi connectivity index (χ0v) is 24.6. The topological polar surface area (TPSA) is 75.2 Å². The molecule has 8 heteroatoms. The molecule has 0 aliphatic carbocycles. The van der Waals surface area contributed by atoms with Gasteiger partial charge in [-0.15, -0.1) is 0 Å². The molecule has 0 amide bonds. The Morgan fingerprint density at radius 3 is 2.35 bits per heavy atom. The van der Waals surface area contributed by atoms with Gasteiger partial charge in [0, 0.05) is 61.9 Å². The summed E-state index contributed by atoms with van der Waals surface area (Å²) in [6, 6.07) is 15.8. The lowest BCUT2D eigenvalue weighted by Crippen LogP contribution is -2.36. The first-order chi connectivity index (χ1) is 19.4. The van der Waals surface area contributed by atoms with Crippen LogP contribution in [0.15, 0.2) is 59.4 Å². The molecule has 3 aromatic heterocycles. The summed E-state index contributed by atoms with van der Waals surface area (Å²) in [5.41, 5.74) is 5.44. The van der Waals surface area contributed by atoms with E-state index in [1.165, 1.54) is 31.5 Å². The molecular formula is C32H43N7O. The van der Waals surface area contributed by atoms with Crippen molar-refractivity contribution < 1.29 is 4.52 Å². The lowest BCUT2D eigenvalue weighted by molar-refractivity contribution is 0.166. The zero-order chi connectivity index (χ0) is 28.1. The van der Waals surface area contributed by atoms with Crippen molar-refractivity contribution in [3.05, 3.63) is 71.7 Å². The number of pyridine rings is 1. The Kier molecular flexibility index (Phi) is 8.97. The summed E-state index contributed by atoms with van der Waals surface area (Å²) in [6.07, 6.45) is 6.67. The number of aromatic nitrogens is 4. The van der Waals surface area contributed by atoms with Gasteiger partial charge in [-0.2, -0.15) is 4.98 Å². The van der Waals surface area contributed by atoms with Gasteiger partial charge in [0.05, 0.1) is 5.56 Å². The van der Waals surface area contributed by atoms with Crippen LogP contribution < -0.4 is 5.32 Å². The average Bonchev–Trinajstić information content (AvgIpc) is 3.71. The molecule has 0 unspecified atom stereocenters. The van der Waals surface area contributed by atoms with Crippen molar-refractivity contribution in [3.63, 3.8) is 0 Å². The highest BCUT2D eigenvalue weighted by atomic mass is 16.5. The number of hydrogen-bond acceptors (Lipinski definition) is 7. The minimum atomic E-state index is 0.498. The van der Waals surface area contributed by atoms with E-state index in [9.17, 15) is 0 Å². The van der Waals surface area contributed by atoms with E-state index in [0.29, 0.717) is 23.8 Å². The van der Waals surface area contributed by atoms with Crippen molar-refractivity contribution >= 4 is 5.82 Å². The third-order valence-corrected chi connectivity index (χ3v) is 7.80. The van der Waals surface area contributed by atoms with Crippen molar-refractivity contribution in [2.75, 3.05) is 31.5 Å². The van der Waals surface area contributed by atoms with Gasteiger partial charge in [-0.25, -0.2) is 4.98 Å². The maximum absolute atomic E-state index is 5.66. The molecule has 5 rings (SSSR count). The molecule has 1 saturated heterocycles. The summed E-state index contributed by atoms with van der Waals surface area (Å²) >= 11 is 0. The Morgan fingerprint density at radius 1 is 0.950 bits per heavy atom. The van der Waals surface area contributed by atoms with Crippen molar-refractivity contribution in [2.24, 2.45) is 0 Å². The van der Waals surface area contributed by atoms with Gasteiger partial charge in [0.1, 0.15) is 5.82 Å². The molecule has 1 N–H and O–H groups in total. The molecule has 212 valence electrons. The summed E-state index contributed by atoms with van der Waals surface area (Å²) in [6.45, 7) is 17.2. The van der Waals surface area contributed by atoms with Gasteiger partial charge >= 0.3 is 0 Å². The highest BCUT2D eigenvalue weighted by Gasteiger charge is 2.16. The fraction of sp³-hybridized carbons (Fsp3) is 0.469. The first-order valence-corrected chi connectivity index (χ1v) is 14.6. The number of anilines is 1. The van der Waals surface area contributed by atoms with E-state index >= 15 is 0 Å². The zero-order valence-electron chi connectivity index (χ0n) is 24.6. The molecule has 1 aromatic carbocycles. The summed E-state index contributed by atoms with van der Waals surface area (Å²) in [4.78, 5) is 14.3. The summed E-state index contributed by atoms with van der Waals surface area (Å²) < 4.78 is 7.86. The largest absolute Gasteiger partial charge is 0.369 e. The molecule has 0 saturated carbocycles. The van der Waals surface area contributed by atoms with Gasteiger partial charge in [0.25, 0.3) is 5.89 Å². The lowest BCUT2D eigenvalue weighted by Gasteiger charge is -2.30. The predicted molar refractivity (Wildman–Crippen MR) is 161 cm³/mol. The van der Waals surface area contributed by atoms with E-state index in [4.69, 9.17) is 9.51 Å². The minimum Gasteiger partial charge on any atom is -0.369 e. The quantitative estimate of drug-likeness (QED) is 0.233. The third kappa shape index (κ3) is 6.98. The molecule has 0 bridgehead atoms. The Bertz CT molecular complexity index is 1340. The summed E-state index contributed by atoms with van der Waals surface area (Å²) in [7, 11) is 0. The summed E-state index contributed by atoms with van der Waals surface area (Å²) in [5.74, 6) is 2.06. The Hall–Kier alpha value is -3.49. The highest BCUT2D eigenvalue weighted by Crippen LogP contribution is 2.25. The van der Waals surface area contributed by atoms with Crippen molar-refractivity contribution in [1.29, 1.82) is 0 Å². The first-order valence-electron chi connectivity index (χ1n) is 14.6.